The van der Waals surface area contributed by atoms with E-state index in [0.29, 0.717) is 6.42 Å². The van der Waals surface area contributed by atoms with Crippen LogP contribution in [0.15, 0.2) is 24.3 Å². The van der Waals surface area contributed by atoms with Crippen molar-refractivity contribution in [3.8, 4) is 0 Å². The Morgan fingerprint density at radius 2 is 1.82 bits per heavy atom. The van der Waals surface area contributed by atoms with E-state index in [0.717, 1.165) is 43.9 Å². The first-order valence-corrected chi connectivity index (χ1v) is 7.91. The normalized spacial score (nSPS) is 15.6. The highest BCUT2D eigenvalue weighted by Crippen LogP contribution is 2.07. The molecule has 1 aromatic rings. The van der Waals surface area contributed by atoms with Gasteiger partial charge in [-0.1, -0.05) is 31.2 Å². The minimum Gasteiger partial charge on any atom is -0.347 e. The maximum absolute atomic E-state index is 12.1. The van der Waals surface area contributed by atoms with Gasteiger partial charge in [0, 0.05) is 26.2 Å². The monoisotopic (exact) mass is 303 g/mol. The first-order valence-electron chi connectivity index (χ1n) is 7.91. The molecular weight excluding hydrogens is 278 g/mol. The second-order valence-electron chi connectivity index (χ2n) is 5.70. The van der Waals surface area contributed by atoms with E-state index >= 15 is 0 Å². The van der Waals surface area contributed by atoms with Crippen LogP contribution in [0.25, 0.3) is 0 Å². The van der Waals surface area contributed by atoms with Gasteiger partial charge in [0.25, 0.3) is 0 Å². The molecule has 1 aliphatic heterocycles. The molecule has 1 heterocycles. The number of hydrogen-bond acceptors (Lipinski definition) is 3. The fourth-order valence-electron chi connectivity index (χ4n) is 2.64. The van der Waals surface area contributed by atoms with Gasteiger partial charge in [-0.3, -0.25) is 9.59 Å². The molecule has 1 saturated heterocycles. The van der Waals surface area contributed by atoms with E-state index in [4.69, 9.17) is 0 Å². The van der Waals surface area contributed by atoms with Crippen LogP contribution in [-0.2, 0) is 16.0 Å². The van der Waals surface area contributed by atoms with Crippen molar-refractivity contribution >= 4 is 11.8 Å². The molecule has 2 rings (SSSR count). The Kier molecular flexibility index (Phi) is 5.95. The van der Waals surface area contributed by atoms with Crippen LogP contribution in [0.3, 0.4) is 0 Å². The highest BCUT2D eigenvalue weighted by molar-refractivity contribution is 5.85. The van der Waals surface area contributed by atoms with E-state index in [1.807, 2.05) is 36.1 Å². The summed E-state index contributed by atoms with van der Waals surface area (Å²) in [5, 5.41) is 2.74. The Labute approximate surface area is 132 Å². The predicted octanol–water partition coefficient (Wildman–Crippen LogP) is 0.818. The van der Waals surface area contributed by atoms with Crippen molar-refractivity contribution in [3.05, 3.63) is 35.4 Å². The molecule has 1 aliphatic rings. The number of aryl methyl sites for hydroxylation is 1. The zero-order valence-electron chi connectivity index (χ0n) is 13.5. The zero-order chi connectivity index (χ0) is 15.9. The molecule has 5 nitrogen and oxygen atoms in total. The van der Waals surface area contributed by atoms with E-state index in [1.54, 1.807) is 0 Å². The molecule has 0 radical (unpaired) electrons. The summed E-state index contributed by atoms with van der Waals surface area (Å²) in [6.45, 7) is 8.57. The van der Waals surface area contributed by atoms with Crippen molar-refractivity contribution in [2.45, 2.75) is 20.3 Å². The van der Waals surface area contributed by atoms with Crippen molar-refractivity contribution in [1.29, 1.82) is 0 Å². The number of hydrogen-bond donors (Lipinski definition) is 1. The number of likely N-dealkylation sites (N-methyl/N-ethyl adjacent to an activating group) is 1. The third-order valence-corrected chi connectivity index (χ3v) is 4.22. The Morgan fingerprint density at radius 1 is 1.14 bits per heavy atom. The SMILES string of the molecule is CCN1CCN(C(=O)CNC(=O)Cc2ccccc2C)CC1. The van der Waals surface area contributed by atoms with Gasteiger partial charge in [0.05, 0.1) is 13.0 Å². The number of nitrogens with one attached hydrogen (secondary N) is 1. The summed E-state index contributed by atoms with van der Waals surface area (Å²) in [5.74, 6) is -0.0938. The van der Waals surface area contributed by atoms with Crippen LogP contribution in [0.5, 0.6) is 0 Å². The molecule has 0 aromatic heterocycles. The molecular formula is C17H25N3O2. The van der Waals surface area contributed by atoms with Gasteiger partial charge >= 0.3 is 0 Å². The topological polar surface area (TPSA) is 52.6 Å². The number of amides is 2. The Balaban J connectivity index is 1.74. The van der Waals surface area contributed by atoms with E-state index in [1.165, 1.54) is 0 Å². The summed E-state index contributed by atoms with van der Waals surface area (Å²) in [6.07, 6.45) is 0.323. The maximum atomic E-state index is 12.1. The number of piperazine rings is 1. The van der Waals surface area contributed by atoms with Crippen LogP contribution in [0, 0.1) is 6.92 Å². The maximum Gasteiger partial charge on any atom is 0.242 e. The number of rotatable bonds is 5. The summed E-state index contributed by atoms with van der Waals surface area (Å²) in [4.78, 5) is 28.2. The Hall–Kier alpha value is -1.88. The molecule has 0 atom stereocenters. The third-order valence-electron chi connectivity index (χ3n) is 4.22. The van der Waals surface area contributed by atoms with E-state index in [9.17, 15) is 9.59 Å². The standard InChI is InChI=1S/C17H25N3O2/c1-3-19-8-10-20(11-9-19)17(22)13-18-16(21)12-15-7-5-4-6-14(15)2/h4-7H,3,8-13H2,1-2H3,(H,18,21). The minimum atomic E-state index is -0.102. The molecule has 0 spiro atoms. The molecule has 0 unspecified atom stereocenters. The van der Waals surface area contributed by atoms with Gasteiger partial charge in [-0.15, -0.1) is 0 Å². The Morgan fingerprint density at radius 3 is 2.45 bits per heavy atom. The first kappa shape index (κ1) is 16.5. The second-order valence-corrected chi connectivity index (χ2v) is 5.70. The second kappa shape index (κ2) is 7.94. The number of carbonyl (C=O) groups excluding carboxylic acids is 2. The molecule has 5 heteroatoms. The van der Waals surface area contributed by atoms with Crippen molar-refractivity contribution in [3.63, 3.8) is 0 Å². The van der Waals surface area contributed by atoms with Gasteiger partial charge in [-0.2, -0.15) is 0 Å². The summed E-state index contributed by atoms with van der Waals surface area (Å²) in [7, 11) is 0. The number of benzene rings is 1. The smallest absolute Gasteiger partial charge is 0.242 e. The molecule has 0 saturated carbocycles. The zero-order valence-corrected chi connectivity index (χ0v) is 13.5. The van der Waals surface area contributed by atoms with Gasteiger partial charge in [0.2, 0.25) is 11.8 Å². The summed E-state index contributed by atoms with van der Waals surface area (Å²) < 4.78 is 0. The van der Waals surface area contributed by atoms with Crippen LogP contribution in [-0.4, -0.2) is 60.9 Å². The highest BCUT2D eigenvalue weighted by Gasteiger charge is 2.20. The molecule has 0 bridgehead atoms. The summed E-state index contributed by atoms with van der Waals surface area (Å²) >= 11 is 0. The van der Waals surface area contributed by atoms with Crippen molar-refractivity contribution < 1.29 is 9.59 Å². The fourth-order valence-corrected chi connectivity index (χ4v) is 2.64. The van der Waals surface area contributed by atoms with Gasteiger partial charge in [-0.05, 0) is 24.6 Å². The lowest BCUT2D eigenvalue weighted by Gasteiger charge is -2.34. The molecule has 120 valence electrons. The van der Waals surface area contributed by atoms with Crippen LogP contribution in [0.4, 0.5) is 0 Å². The van der Waals surface area contributed by atoms with Gasteiger partial charge in [0.1, 0.15) is 0 Å². The van der Waals surface area contributed by atoms with Gasteiger partial charge in [-0.25, -0.2) is 0 Å². The number of nitrogens with zero attached hydrogens (tertiary/aromatic N) is 2. The van der Waals surface area contributed by atoms with Crippen molar-refractivity contribution in [1.82, 2.24) is 15.1 Å². The van der Waals surface area contributed by atoms with Crippen LogP contribution >= 0.6 is 0 Å². The average Bonchev–Trinajstić information content (AvgIpc) is 2.55. The molecule has 1 fully saturated rings. The predicted molar refractivity (Wildman–Crippen MR) is 86.6 cm³/mol. The highest BCUT2D eigenvalue weighted by atomic mass is 16.2. The molecule has 2 amide bonds. The first-order chi connectivity index (χ1) is 10.6. The molecule has 1 N–H and O–H groups in total. The summed E-state index contributed by atoms with van der Waals surface area (Å²) in [5.41, 5.74) is 2.10. The van der Waals surface area contributed by atoms with Gasteiger partial charge in [0.15, 0.2) is 0 Å². The minimum absolute atomic E-state index is 0.00823. The quantitative estimate of drug-likeness (QED) is 0.876. The molecule has 1 aromatic carbocycles. The fraction of sp³-hybridized carbons (Fsp3) is 0.529. The molecule has 22 heavy (non-hydrogen) atoms. The average molecular weight is 303 g/mol. The lowest BCUT2D eigenvalue weighted by molar-refractivity contribution is -0.134. The van der Waals surface area contributed by atoms with Crippen LogP contribution in [0.2, 0.25) is 0 Å². The van der Waals surface area contributed by atoms with Crippen LogP contribution < -0.4 is 5.32 Å². The Bertz CT molecular complexity index is 522. The van der Waals surface area contributed by atoms with Crippen molar-refractivity contribution in [2.24, 2.45) is 0 Å². The number of carbonyl (C=O) groups is 2. The van der Waals surface area contributed by atoms with E-state index in [-0.39, 0.29) is 18.4 Å². The van der Waals surface area contributed by atoms with E-state index < -0.39 is 0 Å². The third kappa shape index (κ3) is 4.56. The van der Waals surface area contributed by atoms with Gasteiger partial charge < -0.3 is 15.1 Å². The molecule has 0 aliphatic carbocycles. The van der Waals surface area contributed by atoms with Crippen molar-refractivity contribution in [2.75, 3.05) is 39.3 Å². The van der Waals surface area contributed by atoms with Crippen LogP contribution in [0.1, 0.15) is 18.1 Å². The van der Waals surface area contributed by atoms with E-state index in [2.05, 4.69) is 17.1 Å². The largest absolute Gasteiger partial charge is 0.347 e. The lowest BCUT2D eigenvalue weighted by Crippen LogP contribution is -2.51. The summed E-state index contributed by atoms with van der Waals surface area (Å²) in [6, 6.07) is 7.81. The lowest BCUT2D eigenvalue weighted by atomic mass is 10.1.